The number of amides is 1. The number of aryl methyl sites for hydroxylation is 1. The van der Waals surface area contributed by atoms with Gasteiger partial charge in [0, 0.05) is 31.9 Å². The third-order valence-electron chi connectivity index (χ3n) is 3.13. The van der Waals surface area contributed by atoms with Crippen molar-refractivity contribution in [1.82, 2.24) is 14.9 Å². The highest BCUT2D eigenvalue weighted by atomic mass is 19.1. The number of carbonyl (C=O) groups excluding carboxylic acids is 1. The average molecular weight is 290 g/mol. The van der Waals surface area contributed by atoms with E-state index in [1.807, 2.05) is 11.6 Å². The quantitative estimate of drug-likeness (QED) is 0.876. The zero-order valence-corrected chi connectivity index (χ0v) is 12.1. The molecular weight excluding hydrogens is 271 g/mol. The largest absolute Gasteiger partial charge is 0.342 e. The van der Waals surface area contributed by atoms with Crippen molar-refractivity contribution in [2.45, 2.75) is 25.4 Å². The van der Waals surface area contributed by atoms with E-state index in [1.54, 1.807) is 31.5 Å². The number of benzene rings is 1. The Morgan fingerprint density at radius 3 is 2.62 bits per heavy atom. The molecule has 0 saturated heterocycles. The van der Waals surface area contributed by atoms with Crippen molar-refractivity contribution in [3.63, 3.8) is 0 Å². The van der Waals surface area contributed by atoms with E-state index < -0.39 is 6.04 Å². The fraction of sp³-hybridized carbons (Fsp3) is 0.333. The molecule has 0 saturated carbocycles. The summed E-state index contributed by atoms with van der Waals surface area (Å²) in [5, 5.41) is 2.90. The predicted octanol–water partition coefficient (Wildman–Crippen LogP) is 1.50. The zero-order chi connectivity index (χ0) is 15.4. The first-order valence-corrected chi connectivity index (χ1v) is 6.75. The molecule has 1 aromatic carbocycles. The molecule has 0 radical (unpaired) electrons. The van der Waals surface area contributed by atoms with Gasteiger partial charge in [-0.3, -0.25) is 4.79 Å². The van der Waals surface area contributed by atoms with Crippen molar-refractivity contribution in [2.75, 3.05) is 0 Å². The number of carbonyl (C=O) groups is 1. The molecule has 0 aliphatic carbocycles. The molecule has 112 valence electrons. The zero-order valence-electron chi connectivity index (χ0n) is 12.1. The second-order valence-corrected chi connectivity index (χ2v) is 5.13. The van der Waals surface area contributed by atoms with Gasteiger partial charge in [-0.25, -0.2) is 9.37 Å². The number of nitrogens with one attached hydrogen (secondary N) is 1. The molecule has 3 N–H and O–H groups in total. The Hall–Kier alpha value is -2.21. The van der Waals surface area contributed by atoms with Gasteiger partial charge in [-0.1, -0.05) is 12.1 Å². The third kappa shape index (κ3) is 3.88. The van der Waals surface area contributed by atoms with Crippen molar-refractivity contribution < 1.29 is 9.18 Å². The van der Waals surface area contributed by atoms with Crippen LogP contribution in [0.2, 0.25) is 0 Å². The van der Waals surface area contributed by atoms with Crippen LogP contribution in [0.15, 0.2) is 36.7 Å². The van der Waals surface area contributed by atoms with Crippen molar-refractivity contribution >= 4 is 5.91 Å². The summed E-state index contributed by atoms with van der Waals surface area (Å²) in [4.78, 5) is 16.3. The molecule has 2 unspecified atom stereocenters. The summed E-state index contributed by atoms with van der Waals surface area (Å²) in [7, 11) is 1.84. The monoisotopic (exact) mass is 290 g/mol. The molecule has 6 heteroatoms. The van der Waals surface area contributed by atoms with Crippen LogP contribution in [0.5, 0.6) is 0 Å². The Morgan fingerprint density at radius 1 is 1.43 bits per heavy atom. The van der Waals surface area contributed by atoms with E-state index in [9.17, 15) is 9.18 Å². The molecule has 0 spiro atoms. The highest BCUT2D eigenvalue weighted by molar-refractivity contribution is 5.77. The molecule has 1 aromatic heterocycles. The minimum Gasteiger partial charge on any atom is -0.342 e. The molecule has 5 nitrogen and oxygen atoms in total. The molecule has 0 fully saturated rings. The summed E-state index contributed by atoms with van der Waals surface area (Å²) in [6.07, 6.45) is 3.68. The minimum atomic E-state index is -0.433. The summed E-state index contributed by atoms with van der Waals surface area (Å²) in [6.45, 7) is 1.77. The first-order chi connectivity index (χ1) is 9.97. The lowest BCUT2D eigenvalue weighted by Gasteiger charge is -2.19. The van der Waals surface area contributed by atoms with Crippen molar-refractivity contribution in [3.05, 3.63) is 53.9 Å². The first kappa shape index (κ1) is 15.2. The van der Waals surface area contributed by atoms with Crippen LogP contribution in [0.25, 0.3) is 0 Å². The Kier molecular flexibility index (Phi) is 4.70. The lowest BCUT2D eigenvalue weighted by atomic mass is 10.1. The third-order valence-corrected chi connectivity index (χ3v) is 3.13. The van der Waals surface area contributed by atoms with E-state index in [0.717, 1.165) is 5.56 Å². The van der Waals surface area contributed by atoms with Crippen LogP contribution >= 0.6 is 0 Å². The van der Waals surface area contributed by atoms with Crippen molar-refractivity contribution in [2.24, 2.45) is 12.8 Å². The van der Waals surface area contributed by atoms with Crippen LogP contribution in [0.4, 0.5) is 4.39 Å². The minimum absolute atomic E-state index is 0.165. The van der Waals surface area contributed by atoms with Crippen LogP contribution in [0.3, 0.4) is 0 Å². The molecular formula is C15H19FN4O. The SMILES string of the molecule is CC(N)CC(=O)NC(c1ccc(F)cc1)c1nccn1C. The van der Waals surface area contributed by atoms with E-state index in [1.165, 1.54) is 12.1 Å². The van der Waals surface area contributed by atoms with Gasteiger partial charge in [0.15, 0.2) is 0 Å². The lowest BCUT2D eigenvalue weighted by molar-refractivity contribution is -0.121. The van der Waals surface area contributed by atoms with Crippen LogP contribution in [0, 0.1) is 5.82 Å². The predicted molar refractivity (Wildman–Crippen MR) is 77.9 cm³/mol. The average Bonchev–Trinajstić information content (AvgIpc) is 2.82. The van der Waals surface area contributed by atoms with Gasteiger partial charge in [-0.2, -0.15) is 0 Å². The molecule has 2 atom stereocenters. The summed E-state index contributed by atoms with van der Waals surface area (Å²) >= 11 is 0. The Balaban J connectivity index is 2.29. The van der Waals surface area contributed by atoms with Crippen LogP contribution in [-0.2, 0) is 11.8 Å². The maximum absolute atomic E-state index is 13.1. The highest BCUT2D eigenvalue weighted by Crippen LogP contribution is 2.21. The number of imidazole rings is 1. The molecule has 1 heterocycles. The van der Waals surface area contributed by atoms with Gasteiger partial charge in [-0.15, -0.1) is 0 Å². The number of halogens is 1. The topological polar surface area (TPSA) is 72.9 Å². The van der Waals surface area contributed by atoms with Gasteiger partial charge in [0.2, 0.25) is 5.91 Å². The molecule has 0 bridgehead atoms. The number of nitrogens with zero attached hydrogens (tertiary/aromatic N) is 2. The highest BCUT2D eigenvalue weighted by Gasteiger charge is 2.21. The molecule has 2 aromatic rings. The van der Waals surface area contributed by atoms with Gasteiger partial charge < -0.3 is 15.6 Å². The normalized spacial score (nSPS) is 13.7. The standard InChI is InChI=1S/C15H19FN4O/c1-10(17)9-13(21)19-14(15-18-7-8-20(15)2)11-3-5-12(16)6-4-11/h3-8,10,14H,9,17H2,1-2H3,(H,19,21). The summed E-state index contributed by atoms with van der Waals surface area (Å²) in [5.41, 5.74) is 6.41. The van der Waals surface area contributed by atoms with Gasteiger partial charge in [0.1, 0.15) is 17.7 Å². The van der Waals surface area contributed by atoms with Gasteiger partial charge in [0.05, 0.1) is 0 Å². The molecule has 21 heavy (non-hydrogen) atoms. The lowest BCUT2D eigenvalue weighted by Crippen LogP contribution is -2.34. The second-order valence-electron chi connectivity index (χ2n) is 5.13. The number of aromatic nitrogens is 2. The fourth-order valence-corrected chi connectivity index (χ4v) is 2.12. The van der Waals surface area contributed by atoms with E-state index in [0.29, 0.717) is 5.82 Å². The molecule has 0 aliphatic heterocycles. The number of nitrogens with two attached hydrogens (primary N) is 1. The number of hydrogen-bond acceptors (Lipinski definition) is 3. The second kappa shape index (κ2) is 6.49. The van der Waals surface area contributed by atoms with Crippen LogP contribution < -0.4 is 11.1 Å². The van der Waals surface area contributed by atoms with Crippen molar-refractivity contribution in [1.29, 1.82) is 0 Å². The maximum Gasteiger partial charge on any atom is 0.222 e. The van der Waals surface area contributed by atoms with E-state index in [-0.39, 0.29) is 24.2 Å². The Morgan fingerprint density at radius 2 is 2.10 bits per heavy atom. The van der Waals surface area contributed by atoms with Crippen molar-refractivity contribution in [3.8, 4) is 0 Å². The van der Waals surface area contributed by atoms with E-state index >= 15 is 0 Å². The Labute approximate surface area is 123 Å². The summed E-state index contributed by atoms with van der Waals surface area (Å²) in [5.74, 6) is 0.196. The van der Waals surface area contributed by atoms with Crippen LogP contribution in [0.1, 0.15) is 30.8 Å². The molecule has 0 aliphatic rings. The van der Waals surface area contributed by atoms with E-state index in [4.69, 9.17) is 5.73 Å². The van der Waals surface area contributed by atoms with Gasteiger partial charge in [0.25, 0.3) is 0 Å². The summed E-state index contributed by atoms with van der Waals surface area (Å²) < 4.78 is 14.9. The summed E-state index contributed by atoms with van der Waals surface area (Å²) in [6, 6.07) is 5.35. The van der Waals surface area contributed by atoms with E-state index in [2.05, 4.69) is 10.3 Å². The molecule has 1 amide bonds. The van der Waals surface area contributed by atoms with Crippen LogP contribution in [-0.4, -0.2) is 21.5 Å². The number of hydrogen-bond donors (Lipinski definition) is 2. The maximum atomic E-state index is 13.1. The molecule has 2 rings (SSSR count). The smallest absolute Gasteiger partial charge is 0.222 e. The first-order valence-electron chi connectivity index (χ1n) is 6.75. The Bertz CT molecular complexity index is 606. The van der Waals surface area contributed by atoms with Gasteiger partial charge >= 0.3 is 0 Å². The fourth-order valence-electron chi connectivity index (χ4n) is 2.12. The van der Waals surface area contributed by atoms with Gasteiger partial charge in [-0.05, 0) is 24.6 Å². The number of rotatable bonds is 5.